The van der Waals surface area contributed by atoms with Crippen molar-refractivity contribution in [1.29, 1.82) is 0 Å². The highest BCUT2D eigenvalue weighted by Gasteiger charge is 2.47. The molecule has 2 aromatic heterocycles. The highest BCUT2D eigenvalue weighted by Crippen LogP contribution is 2.49. The summed E-state index contributed by atoms with van der Waals surface area (Å²) in [5.41, 5.74) is 7.66. The fourth-order valence-corrected chi connectivity index (χ4v) is 4.26. The molecule has 2 amide bonds. The number of aryl methyl sites for hydroxylation is 2. The monoisotopic (exact) mass is 383 g/mol. The van der Waals surface area contributed by atoms with Crippen molar-refractivity contribution < 1.29 is 14.3 Å². The maximum Gasteiger partial charge on any atom is 0.267 e. The molecule has 2 aliphatic heterocycles. The number of ether oxygens (including phenoxy) is 1. The van der Waals surface area contributed by atoms with E-state index < -0.39 is 17.6 Å². The van der Waals surface area contributed by atoms with E-state index in [1.165, 1.54) is 0 Å². The van der Waals surface area contributed by atoms with Crippen LogP contribution in [0.2, 0.25) is 0 Å². The molecule has 2 aromatic rings. The number of primary amides is 1. The van der Waals surface area contributed by atoms with Gasteiger partial charge in [0.2, 0.25) is 5.91 Å². The Hall–Kier alpha value is -2.74. The van der Waals surface area contributed by atoms with Crippen LogP contribution in [-0.4, -0.2) is 33.6 Å². The molecule has 148 valence electrons. The standard InChI is InChI=1S/C20H25N5O3/c1-5-20(3)14-9-15(18(21)26)22-10-13(14)17(28-20)12-6-7-25-16(8-11(2)23-25)24(4)19(12)27/h8-10,12,17H,5-7H2,1-4H3,(H2,21,26)/t12-,17?,20?/m0/s1. The minimum absolute atomic E-state index is 0.00562. The van der Waals surface area contributed by atoms with E-state index in [0.717, 1.165) is 22.6 Å². The summed E-state index contributed by atoms with van der Waals surface area (Å²) in [7, 11) is 1.77. The predicted molar refractivity (Wildman–Crippen MR) is 103 cm³/mol. The topological polar surface area (TPSA) is 103 Å². The highest BCUT2D eigenvalue weighted by atomic mass is 16.5. The number of rotatable bonds is 3. The lowest BCUT2D eigenvalue weighted by atomic mass is 9.88. The summed E-state index contributed by atoms with van der Waals surface area (Å²) >= 11 is 0. The van der Waals surface area contributed by atoms with E-state index in [4.69, 9.17) is 10.5 Å². The van der Waals surface area contributed by atoms with Crippen LogP contribution in [0.1, 0.15) is 60.1 Å². The third-order valence-electron chi connectivity index (χ3n) is 6.01. The van der Waals surface area contributed by atoms with Gasteiger partial charge in [-0.25, -0.2) is 4.68 Å². The van der Waals surface area contributed by atoms with Crippen molar-refractivity contribution >= 4 is 17.6 Å². The van der Waals surface area contributed by atoms with Gasteiger partial charge in [0.25, 0.3) is 5.91 Å². The molecule has 0 radical (unpaired) electrons. The molecule has 2 aliphatic rings. The fourth-order valence-electron chi connectivity index (χ4n) is 4.26. The Morgan fingerprint density at radius 2 is 2.18 bits per heavy atom. The Bertz CT molecular complexity index is 969. The molecule has 0 saturated carbocycles. The van der Waals surface area contributed by atoms with Gasteiger partial charge < -0.3 is 10.5 Å². The van der Waals surface area contributed by atoms with Crippen molar-refractivity contribution in [3.63, 3.8) is 0 Å². The number of nitrogens with two attached hydrogens (primary N) is 1. The zero-order chi connectivity index (χ0) is 20.2. The van der Waals surface area contributed by atoms with Crippen LogP contribution in [-0.2, 0) is 21.7 Å². The average Bonchev–Trinajstić information content (AvgIpc) is 3.16. The van der Waals surface area contributed by atoms with Crippen LogP contribution in [0.4, 0.5) is 5.82 Å². The molecule has 0 aliphatic carbocycles. The molecule has 8 nitrogen and oxygen atoms in total. The van der Waals surface area contributed by atoms with Gasteiger partial charge in [-0.2, -0.15) is 5.10 Å². The molecular weight excluding hydrogens is 358 g/mol. The van der Waals surface area contributed by atoms with Crippen LogP contribution < -0.4 is 10.6 Å². The normalized spacial score (nSPS) is 26.7. The summed E-state index contributed by atoms with van der Waals surface area (Å²) in [5.74, 6) is -0.145. The summed E-state index contributed by atoms with van der Waals surface area (Å²) in [4.78, 5) is 30.8. The van der Waals surface area contributed by atoms with Crippen LogP contribution in [0, 0.1) is 12.8 Å². The smallest absolute Gasteiger partial charge is 0.267 e. The molecule has 4 heterocycles. The van der Waals surface area contributed by atoms with Gasteiger partial charge in [-0.05, 0) is 38.3 Å². The van der Waals surface area contributed by atoms with Gasteiger partial charge >= 0.3 is 0 Å². The molecule has 0 fully saturated rings. The molecule has 2 unspecified atom stereocenters. The van der Waals surface area contributed by atoms with Crippen LogP contribution >= 0.6 is 0 Å². The van der Waals surface area contributed by atoms with Gasteiger partial charge in [-0.3, -0.25) is 19.5 Å². The van der Waals surface area contributed by atoms with E-state index >= 15 is 0 Å². The molecule has 0 spiro atoms. The highest BCUT2D eigenvalue weighted by molar-refractivity contribution is 5.95. The maximum atomic E-state index is 13.3. The zero-order valence-electron chi connectivity index (χ0n) is 16.6. The summed E-state index contributed by atoms with van der Waals surface area (Å²) in [6.07, 6.45) is 2.53. The summed E-state index contributed by atoms with van der Waals surface area (Å²) in [6, 6.07) is 3.63. The first-order valence-electron chi connectivity index (χ1n) is 9.55. The van der Waals surface area contributed by atoms with Crippen molar-refractivity contribution in [2.24, 2.45) is 11.7 Å². The second kappa shape index (κ2) is 6.41. The van der Waals surface area contributed by atoms with E-state index in [1.807, 2.05) is 31.5 Å². The van der Waals surface area contributed by atoms with Crippen LogP contribution in [0.3, 0.4) is 0 Å². The third-order valence-corrected chi connectivity index (χ3v) is 6.01. The minimum atomic E-state index is -0.595. The molecule has 3 atom stereocenters. The fraction of sp³-hybridized carbons (Fsp3) is 0.500. The molecule has 0 aromatic carbocycles. The minimum Gasteiger partial charge on any atom is -0.364 e. The van der Waals surface area contributed by atoms with Crippen molar-refractivity contribution in [3.05, 3.63) is 40.8 Å². The van der Waals surface area contributed by atoms with Crippen molar-refractivity contribution in [1.82, 2.24) is 14.8 Å². The van der Waals surface area contributed by atoms with E-state index in [1.54, 1.807) is 24.2 Å². The molecule has 0 bridgehead atoms. The van der Waals surface area contributed by atoms with Crippen LogP contribution in [0.5, 0.6) is 0 Å². The number of carbonyl (C=O) groups is 2. The quantitative estimate of drug-likeness (QED) is 0.874. The summed E-state index contributed by atoms with van der Waals surface area (Å²) < 4.78 is 8.32. The maximum absolute atomic E-state index is 13.3. The summed E-state index contributed by atoms with van der Waals surface area (Å²) in [5, 5.41) is 4.50. The number of fused-ring (bicyclic) bond motifs is 2. The predicted octanol–water partition coefficient (Wildman–Crippen LogP) is 2.06. The second-order valence-electron chi connectivity index (χ2n) is 7.80. The first-order chi connectivity index (χ1) is 13.2. The van der Waals surface area contributed by atoms with E-state index in [-0.39, 0.29) is 17.5 Å². The van der Waals surface area contributed by atoms with Crippen molar-refractivity contribution in [2.75, 3.05) is 11.9 Å². The number of nitrogens with zero attached hydrogens (tertiary/aromatic N) is 4. The van der Waals surface area contributed by atoms with E-state index in [2.05, 4.69) is 10.1 Å². The molecule has 2 N–H and O–H groups in total. The second-order valence-corrected chi connectivity index (χ2v) is 7.80. The first-order valence-corrected chi connectivity index (χ1v) is 9.55. The van der Waals surface area contributed by atoms with Crippen LogP contribution in [0.15, 0.2) is 18.3 Å². The lowest BCUT2D eigenvalue weighted by Gasteiger charge is -2.28. The Morgan fingerprint density at radius 1 is 1.43 bits per heavy atom. The Balaban J connectivity index is 1.74. The Labute approximate surface area is 163 Å². The van der Waals surface area contributed by atoms with Crippen LogP contribution in [0.25, 0.3) is 0 Å². The first kappa shape index (κ1) is 18.6. The van der Waals surface area contributed by atoms with Gasteiger partial charge in [0.15, 0.2) is 0 Å². The zero-order valence-corrected chi connectivity index (χ0v) is 16.6. The Morgan fingerprint density at radius 3 is 2.86 bits per heavy atom. The number of anilines is 1. The molecule has 0 saturated heterocycles. The molecule has 4 rings (SSSR count). The molecular formula is C20H25N5O3. The SMILES string of the molecule is CCC1(C)OC([C@@H]2CCn3nc(C)cc3N(C)C2=O)c2cnc(C(N)=O)cc21. The van der Waals surface area contributed by atoms with Gasteiger partial charge in [-0.15, -0.1) is 0 Å². The number of carbonyl (C=O) groups excluding carboxylic acids is 2. The molecule has 8 heteroatoms. The van der Waals surface area contributed by atoms with Gasteiger partial charge in [-0.1, -0.05) is 6.92 Å². The van der Waals surface area contributed by atoms with E-state index in [0.29, 0.717) is 19.4 Å². The lowest BCUT2D eigenvalue weighted by Crippen LogP contribution is -2.35. The number of hydrogen-bond donors (Lipinski definition) is 1. The number of hydrogen-bond acceptors (Lipinski definition) is 5. The summed E-state index contributed by atoms with van der Waals surface area (Å²) in [6.45, 7) is 6.56. The molecule has 28 heavy (non-hydrogen) atoms. The third kappa shape index (κ3) is 2.71. The van der Waals surface area contributed by atoms with Gasteiger partial charge in [0.05, 0.1) is 23.3 Å². The Kier molecular flexibility index (Phi) is 4.26. The number of pyridine rings is 1. The van der Waals surface area contributed by atoms with Crippen molar-refractivity contribution in [2.45, 2.75) is 51.9 Å². The number of aromatic nitrogens is 3. The van der Waals surface area contributed by atoms with Gasteiger partial charge in [0.1, 0.15) is 11.5 Å². The number of amides is 2. The largest absolute Gasteiger partial charge is 0.364 e. The van der Waals surface area contributed by atoms with Gasteiger partial charge in [0, 0.05) is 31.4 Å². The van der Waals surface area contributed by atoms with Crippen molar-refractivity contribution in [3.8, 4) is 0 Å². The average molecular weight is 383 g/mol. The van der Waals surface area contributed by atoms with E-state index in [9.17, 15) is 9.59 Å². The lowest BCUT2D eigenvalue weighted by molar-refractivity contribution is -0.135.